The molecule has 0 amide bonds. The van der Waals surface area contributed by atoms with E-state index in [1.54, 1.807) is 0 Å². The summed E-state index contributed by atoms with van der Waals surface area (Å²) in [4.78, 5) is -1.36. The Morgan fingerprint density at radius 2 is 1.54 bits per heavy atom. The average Bonchev–Trinajstić information content (AvgIpc) is 2.66. The van der Waals surface area contributed by atoms with Gasteiger partial charge in [0.05, 0.1) is 20.5 Å². The molecule has 0 aliphatic rings. The van der Waals surface area contributed by atoms with Crippen molar-refractivity contribution in [3.05, 3.63) is 71.8 Å². The minimum atomic E-state index is -1.36. The highest BCUT2D eigenvalue weighted by Crippen LogP contribution is 2.34. The summed E-state index contributed by atoms with van der Waals surface area (Å²) in [5, 5.41) is 10.4. The molecule has 0 aromatic heterocycles. The van der Waals surface area contributed by atoms with Gasteiger partial charge in [0.25, 0.3) is 0 Å². The first-order valence-electron chi connectivity index (χ1n) is 9.70. The highest BCUT2D eigenvalue weighted by atomic mass is 32.2. The average molecular weight is 404 g/mol. The van der Waals surface area contributed by atoms with Gasteiger partial charge in [0.15, 0.2) is 0 Å². The molecule has 1 nitrogen and oxygen atoms in total. The van der Waals surface area contributed by atoms with Crippen LogP contribution >= 0.6 is 23.5 Å². The summed E-state index contributed by atoms with van der Waals surface area (Å²) >= 11 is 3.35. The van der Waals surface area contributed by atoms with Gasteiger partial charge in [-0.25, -0.2) is 0 Å². The van der Waals surface area contributed by atoms with E-state index in [0.29, 0.717) is 5.25 Å². The van der Waals surface area contributed by atoms with E-state index in [9.17, 15) is 5.11 Å². The molecule has 2 aromatic carbocycles. The highest BCUT2D eigenvalue weighted by molar-refractivity contribution is 8.01. The van der Waals surface area contributed by atoms with Crippen LogP contribution < -0.4 is 0 Å². The number of rotatable bonds is 12. The lowest BCUT2D eigenvalue weighted by atomic mass is 9.54. The van der Waals surface area contributed by atoms with Crippen LogP contribution in [0.1, 0.15) is 43.7 Å². The molecule has 0 bridgehead atoms. The fraction of sp³-hybridized carbons (Fsp3) is 0.455. The third-order valence-corrected chi connectivity index (χ3v) is 7.08. The molecular formula is C22H27B3OS2. The predicted octanol–water partition coefficient (Wildman–Crippen LogP) is 5.03. The first-order valence-corrected chi connectivity index (χ1v) is 11.7. The lowest BCUT2D eigenvalue weighted by Gasteiger charge is -2.26. The SMILES string of the molecule is [B]C([B])(C)CCCC(CCSC([B])(O)c1ccccc1)SCc1ccccc1. The number of benzene rings is 2. The maximum Gasteiger partial charge on any atom is 0.135 e. The standard InChI is InChI=1S/C22H27B3OS2/c1-21(23,24)15-8-13-20(27-17-18-9-4-2-5-10-18)14-16-28-22(25,26)19-11-6-3-7-12-19/h2-7,9-12,20,26H,8,13-17H2,1H3. The predicted molar refractivity (Wildman–Crippen MR) is 128 cm³/mol. The highest BCUT2D eigenvalue weighted by Gasteiger charge is 2.23. The van der Waals surface area contributed by atoms with Crippen molar-refractivity contribution in [2.45, 2.75) is 53.7 Å². The molecule has 2 rings (SSSR count). The van der Waals surface area contributed by atoms with Crippen molar-refractivity contribution in [3.8, 4) is 0 Å². The van der Waals surface area contributed by atoms with Crippen LogP contribution in [0.5, 0.6) is 0 Å². The summed E-state index contributed by atoms with van der Waals surface area (Å²) in [6, 6.07) is 19.9. The number of hydrogen-bond donors (Lipinski definition) is 1. The van der Waals surface area contributed by atoms with E-state index in [1.165, 1.54) is 17.3 Å². The van der Waals surface area contributed by atoms with E-state index in [-0.39, 0.29) is 0 Å². The molecular weight excluding hydrogens is 377 g/mol. The van der Waals surface area contributed by atoms with Gasteiger partial charge in [-0.1, -0.05) is 80.4 Å². The summed E-state index contributed by atoms with van der Waals surface area (Å²) < 4.78 is 0. The van der Waals surface area contributed by atoms with Crippen molar-refractivity contribution in [2.24, 2.45) is 0 Å². The second kappa shape index (κ2) is 11.5. The molecule has 0 heterocycles. The van der Waals surface area contributed by atoms with E-state index < -0.39 is 10.0 Å². The molecule has 0 spiro atoms. The maximum atomic E-state index is 10.6. The minimum Gasteiger partial charge on any atom is -0.385 e. The van der Waals surface area contributed by atoms with E-state index >= 15 is 0 Å². The van der Waals surface area contributed by atoms with E-state index in [4.69, 9.17) is 23.5 Å². The van der Waals surface area contributed by atoms with Crippen molar-refractivity contribution in [1.82, 2.24) is 0 Å². The molecule has 6 heteroatoms. The minimum absolute atomic E-state index is 0.474. The first kappa shape index (κ1) is 23.6. The molecule has 0 saturated carbocycles. The monoisotopic (exact) mass is 404 g/mol. The fourth-order valence-corrected chi connectivity index (χ4v) is 5.32. The largest absolute Gasteiger partial charge is 0.385 e. The van der Waals surface area contributed by atoms with Crippen LogP contribution in [0.3, 0.4) is 0 Å². The normalized spacial score (nSPS) is 15.1. The zero-order valence-electron chi connectivity index (χ0n) is 16.6. The van der Waals surface area contributed by atoms with Crippen molar-refractivity contribution < 1.29 is 5.11 Å². The molecule has 0 saturated heterocycles. The second-order valence-electron chi connectivity index (χ2n) is 7.52. The van der Waals surface area contributed by atoms with Crippen molar-refractivity contribution in [1.29, 1.82) is 0 Å². The lowest BCUT2D eigenvalue weighted by molar-refractivity contribution is 0.225. The summed E-state index contributed by atoms with van der Waals surface area (Å²) in [6.45, 7) is 1.86. The molecule has 0 aliphatic heterocycles. The van der Waals surface area contributed by atoms with Gasteiger partial charge in [-0.3, -0.25) is 0 Å². The second-order valence-corrected chi connectivity index (χ2v) is 10.1. The zero-order valence-corrected chi connectivity index (χ0v) is 18.2. The molecule has 28 heavy (non-hydrogen) atoms. The van der Waals surface area contributed by atoms with Crippen LogP contribution in [0.25, 0.3) is 0 Å². The van der Waals surface area contributed by atoms with Gasteiger partial charge in [0.1, 0.15) is 7.85 Å². The van der Waals surface area contributed by atoms with Crippen LogP contribution in [-0.4, -0.2) is 39.6 Å². The summed E-state index contributed by atoms with van der Waals surface area (Å²) in [6.07, 6.45) is 3.82. The topological polar surface area (TPSA) is 20.2 Å². The van der Waals surface area contributed by atoms with Crippen LogP contribution in [0.2, 0.25) is 5.21 Å². The molecule has 0 aliphatic carbocycles. The Morgan fingerprint density at radius 1 is 0.929 bits per heavy atom. The third kappa shape index (κ3) is 9.20. The Kier molecular flexibility index (Phi) is 9.66. The lowest BCUT2D eigenvalue weighted by Crippen LogP contribution is -2.22. The van der Waals surface area contributed by atoms with Gasteiger partial charge in [-0.05, 0) is 29.7 Å². The van der Waals surface area contributed by atoms with Gasteiger partial charge in [0.2, 0.25) is 0 Å². The van der Waals surface area contributed by atoms with Gasteiger partial charge < -0.3 is 5.11 Å². The Labute approximate surface area is 183 Å². The Bertz CT molecular complexity index is 675. The Hall–Kier alpha value is -0.705. The number of aliphatic hydroxyl groups is 1. The first-order chi connectivity index (χ1) is 13.3. The summed E-state index contributed by atoms with van der Waals surface area (Å²) in [5.74, 6) is 1.77. The quantitative estimate of drug-likeness (QED) is 0.396. The molecule has 2 aromatic rings. The number of hydrogen-bond acceptors (Lipinski definition) is 3. The molecule has 142 valence electrons. The summed E-state index contributed by atoms with van der Waals surface area (Å²) in [7, 11) is 18.0. The third-order valence-electron chi connectivity index (χ3n) is 4.52. The van der Waals surface area contributed by atoms with E-state index in [1.807, 2.05) is 55.1 Å². The van der Waals surface area contributed by atoms with Crippen molar-refractivity contribution in [2.75, 3.05) is 5.75 Å². The fourth-order valence-electron chi connectivity index (χ4n) is 2.92. The van der Waals surface area contributed by atoms with Crippen molar-refractivity contribution in [3.63, 3.8) is 0 Å². The Morgan fingerprint density at radius 3 is 2.14 bits per heavy atom. The molecule has 0 fully saturated rings. The van der Waals surface area contributed by atoms with Gasteiger partial charge in [-0.15, -0.1) is 17.0 Å². The van der Waals surface area contributed by atoms with Crippen LogP contribution in [0, 0.1) is 0 Å². The summed E-state index contributed by atoms with van der Waals surface area (Å²) in [5.41, 5.74) is 2.06. The van der Waals surface area contributed by atoms with Crippen LogP contribution in [-0.2, 0) is 10.6 Å². The van der Waals surface area contributed by atoms with Gasteiger partial charge in [0, 0.05) is 11.0 Å². The van der Waals surface area contributed by atoms with E-state index in [2.05, 4.69) is 24.3 Å². The van der Waals surface area contributed by atoms with Gasteiger partial charge in [-0.2, -0.15) is 11.8 Å². The number of thioether (sulfide) groups is 2. The Balaban J connectivity index is 1.86. The van der Waals surface area contributed by atoms with E-state index in [0.717, 1.165) is 42.8 Å². The van der Waals surface area contributed by atoms with Crippen LogP contribution in [0.15, 0.2) is 60.7 Å². The maximum absolute atomic E-state index is 10.6. The molecule has 2 unspecified atom stereocenters. The molecule has 1 N–H and O–H groups in total. The van der Waals surface area contributed by atoms with Gasteiger partial charge >= 0.3 is 0 Å². The zero-order chi connectivity index (χ0) is 20.5. The smallest absolute Gasteiger partial charge is 0.135 e. The van der Waals surface area contributed by atoms with Crippen LogP contribution in [0.4, 0.5) is 0 Å². The molecule has 2 atom stereocenters. The molecule has 6 radical (unpaired) electrons. The van der Waals surface area contributed by atoms with Crippen molar-refractivity contribution >= 4 is 47.1 Å².